The quantitative estimate of drug-likeness (QED) is 0.0646. The zero-order valence-electron chi connectivity index (χ0n) is 32.0. The highest BCUT2D eigenvalue weighted by atomic mass is 16.3. The molecule has 0 radical (unpaired) electrons. The van der Waals surface area contributed by atoms with Crippen molar-refractivity contribution >= 4 is 34.0 Å². The molecule has 0 spiro atoms. The minimum Gasteiger partial charge on any atom is -0.507 e. The lowest BCUT2D eigenvalue weighted by Gasteiger charge is -2.23. The molecule has 0 saturated heterocycles. The first kappa shape index (κ1) is 37.7. The number of hydrogen-bond acceptors (Lipinski definition) is 8. The van der Waals surface area contributed by atoms with Crippen molar-refractivity contribution in [1.29, 1.82) is 0 Å². The molecule has 0 fully saturated rings. The Morgan fingerprint density at radius 1 is 0.463 bits per heavy atom. The van der Waals surface area contributed by atoms with Crippen LogP contribution in [0.5, 0.6) is 34.5 Å². The molecule has 6 N–H and O–H groups in total. The maximum Gasteiger partial charge on any atom is 0.167 e. The van der Waals surface area contributed by atoms with E-state index < -0.39 is 11.5 Å². The smallest absolute Gasteiger partial charge is 0.167 e. The number of fused-ring (bicyclic) bond motifs is 2. The Morgan fingerprint density at radius 2 is 0.796 bits per heavy atom. The first-order valence-electron chi connectivity index (χ1n) is 18.3. The summed E-state index contributed by atoms with van der Waals surface area (Å²) in [6.45, 7) is 15.1. The number of aliphatic imine (C=N–C) groups is 2. The van der Waals surface area contributed by atoms with Crippen molar-refractivity contribution in [1.82, 2.24) is 0 Å². The molecule has 0 amide bonds. The molecule has 0 aliphatic rings. The van der Waals surface area contributed by atoms with Gasteiger partial charge in [-0.1, -0.05) is 100 Å². The fourth-order valence-electron chi connectivity index (χ4n) is 7.63. The zero-order valence-corrected chi connectivity index (χ0v) is 32.0. The van der Waals surface area contributed by atoms with Crippen LogP contribution in [0.2, 0.25) is 0 Å². The topological polar surface area (TPSA) is 146 Å². The Kier molecular flexibility index (Phi) is 10.3. The molecule has 278 valence electrons. The lowest BCUT2D eigenvalue weighted by molar-refractivity contribution is 0.398. The molecule has 8 heteroatoms. The molecule has 0 bridgehead atoms. The fourth-order valence-corrected chi connectivity index (χ4v) is 7.63. The second-order valence-electron chi connectivity index (χ2n) is 14.8. The summed E-state index contributed by atoms with van der Waals surface area (Å²) in [5.41, 5.74) is 4.93. The molecule has 0 aromatic heterocycles. The fraction of sp³-hybridized carbons (Fsp3) is 0.261. The molecule has 0 aliphatic heterocycles. The van der Waals surface area contributed by atoms with Gasteiger partial charge in [-0.15, -0.1) is 0 Å². The maximum atomic E-state index is 12.4. The zero-order chi connectivity index (χ0) is 39.2. The van der Waals surface area contributed by atoms with E-state index in [0.29, 0.717) is 44.2 Å². The number of hydrogen-bond donors (Lipinski definition) is 6. The number of aromatic hydroxyl groups is 6. The lowest BCUT2D eigenvalue weighted by atomic mass is 9.83. The van der Waals surface area contributed by atoms with Crippen molar-refractivity contribution in [3.8, 4) is 45.6 Å². The lowest BCUT2D eigenvalue weighted by Crippen LogP contribution is -2.02. The second kappa shape index (κ2) is 14.8. The maximum absolute atomic E-state index is 12.4. The average molecular weight is 725 g/mol. The highest BCUT2D eigenvalue weighted by molar-refractivity contribution is 6.15. The van der Waals surface area contributed by atoms with Crippen molar-refractivity contribution < 1.29 is 30.6 Å². The van der Waals surface area contributed by atoms with Gasteiger partial charge in [0.05, 0.1) is 12.1 Å². The summed E-state index contributed by atoms with van der Waals surface area (Å²) in [5, 5.41) is 72.1. The Bertz CT molecular complexity index is 2280. The van der Waals surface area contributed by atoms with Crippen molar-refractivity contribution in [3.63, 3.8) is 0 Å². The predicted molar refractivity (Wildman–Crippen MR) is 219 cm³/mol. The molecular weight excluding hydrogens is 677 g/mol. The van der Waals surface area contributed by atoms with E-state index in [1.54, 1.807) is 0 Å². The largest absolute Gasteiger partial charge is 0.507 e. The Balaban J connectivity index is 1.68. The van der Waals surface area contributed by atoms with Crippen LogP contribution in [0.25, 0.3) is 32.7 Å². The minimum atomic E-state index is -0.409. The number of nitrogens with zero attached hydrogens (tertiary/aromatic N) is 2. The molecule has 2 atom stereocenters. The Morgan fingerprint density at radius 3 is 1.11 bits per heavy atom. The Hall–Kier alpha value is -6.02. The predicted octanol–water partition coefficient (Wildman–Crippen LogP) is 11.1. The van der Waals surface area contributed by atoms with E-state index in [1.165, 1.54) is 12.4 Å². The standard InChI is InChI=1S/C46H48N2O6/c1-23(2)35-31-19-25(5)37(43(51)39(31)33(41(49)45(35)53)21-47-27(7)29-15-11-9-12-16-29)38-26(6)20-32-36(24(3)4)46(54)42(50)34(40(32)44(38)52)22-48-28(8)30-17-13-10-14-18-30/h9-24,27-28,49-54H,1-8H3/t27-,28-/m1/s1. The number of phenolic OH excluding ortho intramolecular Hbond substituents is 6. The van der Waals surface area contributed by atoms with E-state index in [1.807, 2.05) is 128 Å². The molecule has 6 aromatic carbocycles. The molecular formula is C46H48N2O6. The first-order chi connectivity index (χ1) is 25.6. The second-order valence-corrected chi connectivity index (χ2v) is 14.8. The highest BCUT2D eigenvalue weighted by Gasteiger charge is 2.29. The third kappa shape index (κ3) is 6.46. The SMILES string of the molecule is Cc1cc2c(C(C)C)c(O)c(O)c(C=N[C@H](C)c3ccccc3)c2c(O)c1-c1c(C)cc2c(C(C)C)c(O)c(O)c(C=N[C@H](C)c3ccccc3)c2c1O. The molecule has 0 unspecified atom stereocenters. The number of benzene rings is 6. The molecule has 0 heterocycles. The van der Waals surface area contributed by atoms with Crippen LogP contribution in [0.3, 0.4) is 0 Å². The van der Waals surface area contributed by atoms with Gasteiger partial charge in [0, 0.05) is 56.6 Å². The summed E-state index contributed by atoms with van der Waals surface area (Å²) >= 11 is 0. The Labute approximate surface area is 316 Å². The van der Waals surface area contributed by atoms with E-state index in [-0.39, 0.29) is 68.8 Å². The summed E-state index contributed by atoms with van der Waals surface area (Å²) < 4.78 is 0. The van der Waals surface area contributed by atoms with Gasteiger partial charge in [-0.3, -0.25) is 9.98 Å². The van der Waals surface area contributed by atoms with Crippen LogP contribution in [0.1, 0.15) is 110 Å². The summed E-state index contributed by atoms with van der Waals surface area (Å²) in [4.78, 5) is 9.45. The van der Waals surface area contributed by atoms with E-state index in [4.69, 9.17) is 9.98 Å². The normalized spacial score (nSPS) is 13.3. The van der Waals surface area contributed by atoms with Gasteiger partial charge in [0.2, 0.25) is 0 Å². The van der Waals surface area contributed by atoms with E-state index in [0.717, 1.165) is 11.1 Å². The number of aryl methyl sites for hydroxylation is 2. The molecule has 0 saturated carbocycles. The van der Waals surface area contributed by atoms with E-state index in [2.05, 4.69) is 0 Å². The van der Waals surface area contributed by atoms with Crippen molar-refractivity contribution in [2.75, 3.05) is 0 Å². The monoisotopic (exact) mass is 724 g/mol. The summed E-state index contributed by atoms with van der Waals surface area (Å²) in [7, 11) is 0. The van der Waals surface area contributed by atoms with Crippen molar-refractivity contribution in [2.45, 2.75) is 79.3 Å². The number of rotatable bonds is 9. The van der Waals surface area contributed by atoms with E-state index >= 15 is 0 Å². The third-order valence-corrected chi connectivity index (χ3v) is 10.4. The van der Waals surface area contributed by atoms with E-state index in [9.17, 15) is 30.6 Å². The van der Waals surface area contributed by atoms with Crippen LogP contribution < -0.4 is 0 Å². The average Bonchev–Trinajstić information content (AvgIpc) is 3.13. The van der Waals surface area contributed by atoms with Gasteiger partial charge in [-0.05, 0) is 72.6 Å². The summed E-state index contributed by atoms with van der Waals surface area (Å²) in [6.07, 6.45) is 2.95. The van der Waals surface area contributed by atoms with Crippen LogP contribution in [0.15, 0.2) is 82.8 Å². The van der Waals surface area contributed by atoms with Crippen LogP contribution in [-0.2, 0) is 0 Å². The van der Waals surface area contributed by atoms with Gasteiger partial charge in [-0.2, -0.15) is 0 Å². The van der Waals surface area contributed by atoms with Crippen LogP contribution >= 0.6 is 0 Å². The molecule has 8 nitrogen and oxygen atoms in total. The van der Waals surface area contributed by atoms with Crippen LogP contribution in [0, 0.1) is 13.8 Å². The van der Waals surface area contributed by atoms with Gasteiger partial charge in [0.15, 0.2) is 23.0 Å². The highest BCUT2D eigenvalue weighted by Crippen LogP contribution is 2.54. The summed E-state index contributed by atoms with van der Waals surface area (Å²) in [6, 6.07) is 22.4. The van der Waals surface area contributed by atoms with Crippen LogP contribution in [0.4, 0.5) is 0 Å². The van der Waals surface area contributed by atoms with Crippen molar-refractivity contribution in [2.24, 2.45) is 9.98 Å². The van der Waals surface area contributed by atoms with Gasteiger partial charge in [0.25, 0.3) is 0 Å². The van der Waals surface area contributed by atoms with Gasteiger partial charge in [-0.25, -0.2) is 0 Å². The molecule has 54 heavy (non-hydrogen) atoms. The first-order valence-corrected chi connectivity index (χ1v) is 18.3. The third-order valence-electron chi connectivity index (χ3n) is 10.4. The molecule has 6 rings (SSSR count). The van der Waals surface area contributed by atoms with Gasteiger partial charge < -0.3 is 30.6 Å². The van der Waals surface area contributed by atoms with Gasteiger partial charge in [0.1, 0.15) is 11.5 Å². The van der Waals surface area contributed by atoms with Crippen LogP contribution in [-0.4, -0.2) is 43.1 Å². The van der Waals surface area contributed by atoms with Crippen molar-refractivity contribution in [3.05, 3.63) is 117 Å². The molecule has 0 aliphatic carbocycles. The van der Waals surface area contributed by atoms with Gasteiger partial charge >= 0.3 is 0 Å². The molecule has 6 aromatic rings. The minimum absolute atomic E-state index is 0.138. The number of phenols is 6. The summed E-state index contributed by atoms with van der Waals surface area (Å²) in [5.74, 6) is -2.26.